The quantitative estimate of drug-likeness (QED) is 0.846. The molecule has 6 heteroatoms. The second kappa shape index (κ2) is 6.49. The molecular formula is C20H25N5O. The first-order valence-electron chi connectivity index (χ1n) is 9.93. The smallest absolute Gasteiger partial charge is 0.267 e. The van der Waals surface area contributed by atoms with Crippen molar-refractivity contribution in [1.82, 2.24) is 19.7 Å². The van der Waals surface area contributed by atoms with Crippen molar-refractivity contribution in [3.63, 3.8) is 0 Å². The van der Waals surface area contributed by atoms with Crippen LogP contribution in [0, 0.1) is 5.92 Å². The summed E-state index contributed by atoms with van der Waals surface area (Å²) in [5, 5.41) is 4.62. The Morgan fingerprint density at radius 1 is 1.04 bits per heavy atom. The van der Waals surface area contributed by atoms with Gasteiger partial charge in [0.15, 0.2) is 0 Å². The number of rotatable bonds is 4. The van der Waals surface area contributed by atoms with E-state index in [1.165, 1.54) is 18.4 Å². The number of hydrogen-bond acceptors (Lipinski definition) is 5. The maximum Gasteiger partial charge on any atom is 0.267 e. The molecule has 3 aliphatic rings. The van der Waals surface area contributed by atoms with E-state index in [-0.39, 0.29) is 5.56 Å². The summed E-state index contributed by atoms with van der Waals surface area (Å²) in [4.78, 5) is 23.7. The van der Waals surface area contributed by atoms with Crippen LogP contribution < -0.4 is 10.5 Å². The van der Waals surface area contributed by atoms with Gasteiger partial charge >= 0.3 is 0 Å². The molecule has 1 aliphatic heterocycles. The van der Waals surface area contributed by atoms with Gasteiger partial charge in [0.2, 0.25) is 5.95 Å². The average molecular weight is 351 g/mol. The SMILES string of the molecule is O=c1cc2c(nn1CC1CCN(c3ncc(C4CC4)cn3)CC1)CCC2. The zero-order valence-electron chi connectivity index (χ0n) is 15.1. The Kier molecular flexibility index (Phi) is 3.98. The van der Waals surface area contributed by atoms with Crippen molar-refractivity contribution in [3.05, 3.63) is 45.6 Å². The van der Waals surface area contributed by atoms with E-state index in [9.17, 15) is 4.79 Å². The second-order valence-electron chi connectivity index (χ2n) is 8.01. The lowest BCUT2D eigenvalue weighted by molar-refractivity contribution is 0.332. The van der Waals surface area contributed by atoms with Gasteiger partial charge in [-0.3, -0.25) is 4.79 Å². The van der Waals surface area contributed by atoms with Gasteiger partial charge in [0, 0.05) is 38.1 Å². The molecule has 2 fully saturated rings. The normalized spacial score (nSPS) is 20.4. The zero-order chi connectivity index (χ0) is 17.5. The van der Waals surface area contributed by atoms with E-state index in [1.54, 1.807) is 10.7 Å². The molecular weight excluding hydrogens is 326 g/mol. The minimum atomic E-state index is 0.0621. The lowest BCUT2D eigenvalue weighted by Gasteiger charge is -2.32. The van der Waals surface area contributed by atoms with Crippen molar-refractivity contribution in [2.45, 2.75) is 57.4 Å². The van der Waals surface area contributed by atoms with Gasteiger partial charge < -0.3 is 4.90 Å². The number of anilines is 1. The largest absolute Gasteiger partial charge is 0.341 e. The lowest BCUT2D eigenvalue weighted by atomic mass is 9.97. The van der Waals surface area contributed by atoms with Crippen LogP contribution in [0.5, 0.6) is 0 Å². The van der Waals surface area contributed by atoms with Gasteiger partial charge in [-0.05, 0) is 67.9 Å². The topological polar surface area (TPSA) is 63.9 Å². The van der Waals surface area contributed by atoms with Crippen LogP contribution in [-0.2, 0) is 19.4 Å². The summed E-state index contributed by atoms with van der Waals surface area (Å²) in [6, 6.07) is 1.81. The third-order valence-electron chi connectivity index (χ3n) is 6.06. The molecule has 2 aromatic rings. The summed E-state index contributed by atoms with van der Waals surface area (Å²) >= 11 is 0. The molecule has 3 heterocycles. The minimum absolute atomic E-state index is 0.0621. The highest BCUT2D eigenvalue weighted by Gasteiger charge is 2.26. The first-order chi connectivity index (χ1) is 12.8. The molecule has 0 radical (unpaired) electrons. The highest BCUT2D eigenvalue weighted by Crippen LogP contribution is 2.39. The van der Waals surface area contributed by atoms with Gasteiger partial charge in [-0.2, -0.15) is 5.10 Å². The summed E-state index contributed by atoms with van der Waals surface area (Å²) < 4.78 is 1.70. The summed E-state index contributed by atoms with van der Waals surface area (Å²) in [6.07, 6.45) is 11.8. The van der Waals surface area contributed by atoms with Crippen molar-refractivity contribution in [1.29, 1.82) is 0 Å². The molecule has 0 spiro atoms. The van der Waals surface area contributed by atoms with Crippen molar-refractivity contribution in [2.75, 3.05) is 18.0 Å². The lowest BCUT2D eigenvalue weighted by Crippen LogP contribution is -2.37. The molecule has 6 nitrogen and oxygen atoms in total. The Bertz CT molecular complexity index is 847. The van der Waals surface area contributed by atoms with E-state index < -0.39 is 0 Å². The third kappa shape index (κ3) is 3.13. The molecule has 0 atom stereocenters. The molecule has 0 bridgehead atoms. The van der Waals surface area contributed by atoms with Gasteiger partial charge in [-0.15, -0.1) is 0 Å². The second-order valence-corrected chi connectivity index (χ2v) is 8.01. The van der Waals surface area contributed by atoms with Crippen LogP contribution in [0.3, 0.4) is 0 Å². The monoisotopic (exact) mass is 351 g/mol. The van der Waals surface area contributed by atoms with Crippen molar-refractivity contribution in [3.8, 4) is 0 Å². The van der Waals surface area contributed by atoms with Crippen molar-refractivity contribution in [2.24, 2.45) is 5.92 Å². The summed E-state index contributed by atoms with van der Waals surface area (Å²) in [5.41, 5.74) is 3.64. The molecule has 136 valence electrons. The van der Waals surface area contributed by atoms with Crippen LogP contribution in [0.1, 0.15) is 54.8 Å². The summed E-state index contributed by atoms with van der Waals surface area (Å²) in [7, 11) is 0. The Balaban J connectivity index is 1.21. The molecule has 0 unspecified atom stereocenters. The first kappa shape index (κ1) is 16.0. The Hall–Kier alpha value is -2.24. The molecule has 0 N–H and O–H groups in total. The molecule has 5 rings (SSSR count). The maximum atomic E-state index is 12.3. The zero-order valence-corrected chi connectivity index (χ0v) is 15.1. The highest BCUT2D eigenvalue weighted by molar-refractivity contribution is 5.32. The van der Waals surface area contributed by atoms with E-state index in [0.717, 1.165) is 68.9 Å². The van der Waals surface area contributed by atoms with E-state index in [1.807, 2.05) is 12.4 Å². The van der Waals surface area contributed by atoms with Gasteiger partial charge in [0.1, 0.15) is 0 Å². The number of piperidine rings is 1. The van der Waals surface area contributed by atoms with Crippen LogP contribution in [0.2, 0.25) is 0 Å². The van der Waals surface area contributed by atoms with Gasteiger partial charge in [0.25, 0.3) is 5.56 Å². The van der Waals surface area contributed by atoms with Gasteiger partial charge in [0.05, 0.1) is 5.69 Å². The van der Waals surface area contributed by atoms with Gasteiger partial charge in [-0.1, -0.05) is 0 Å². The van der Waals surface area contributed by atoms with Crippen LogP contribution in [-0.4, -0.2) is 32.8 Å². The Labute approximate surface area is 153 Å². The van der Waals surface area contributed by atoms with Crippen LogP contribution >= 0.6 is 0 Å². The number of hydrogen-bond donors (Lipinski definition) is 0. The van der Waals surface area contributed by atoms with Crippen LogP contribution in [0.4, 0.5) is 5.95 Å². The van der Waals surface area contributed by atoms with E-state index >= 15 is 0 Å². The standard InChI is InChI=1S/C20H25N5O/c26-19-10-16-2-1-3-18(16)23-25(19)13-14-6-8-24(9-7-14)20-21-11-17(12-22-20)15-4-5-15/h10-12,14-15H,1-9,13H2. The van der Waals surface area contributed by atoms with E-state index in [0.29, 0.717) is 11.8 Å². The number of aromatic nitrogens is 4. The predicted molar refractivity (Wildman–Crippen MR) is 99.5 cm³/mol. The molecule has 26 heavy (non-hydrogen) atoms. The fraction of sp³-hybridized carbons (Fsp3) is 0.600. The third-order valence-corrected chi connectivity index (χ3v) is 6.06. The molecule has 1 saturated carbocycles. The molecule has 2 aromatic heterocycles. The molecule has 0 amide bonds. The summed E-state index contributed by atoms with van der Waals surface area (Å²) in [5.74, 6) is 2.05. The number of nitrogens with zero attached hydrogens (tertiary/aromatic N) is 5. The highest BCUT2D eigenvalue weighted by atomic mass is 16.1. The summed E-state index contributed by atoms with van der Waals surface area (Å²) in [6.45, 7) is 2.64. The Morgan fingerprint density at radius 2 is 1.81 bits per heavy atom. The number of fused-ring (bicyclic) bond motifs is 1. The number of aryl methyl sites for hydroxylation is 2. The maximum absolute atomic E-state index is 12.3. The molecule has 1 saturated heterocycles. The van der Waals surface area contributed by atoms with E-state index in [2.05, 4.69) is 20.0 Å². The first-order valence-corrected chi connectivity index (χ1v) is 9.93. The van der Waals surface area contributed by atoms with Crippen molar-refractivity contribution < 1.29 is 0 Å². The fourth-order valence-electron chi connectivity index (χ4n) is 4.25. The van der Waals surface area contributed by atoms with Crippen LogP contribution in [0.15, 0.2) is 23.3 Å². The minimum Gasteiger partial charge on any atom is -0.341 e. The predicted octanol–water partition coefficient (Wildman–Crippen LogP) is 2.32. The Morgan fingerprint density at radius 3 is 2.54 bits per heavy atom. The molecule has 0 aromatic carbocycles. The van der Waals surface area contributed by atoms with E-state index in [4.69, 9.17) is 0 Å². The average Bonchev–Trinajstić information content (AvgIpc) is 3.43. The fourth-order valence-corrected chi connectivity index (χ4v) is 4.25. The van der Waals surface area contributed by atoms with Crippen molar-refractivity contribution >= 4 is 5.95 Å². The molecule has 2 aliphatic carbocycles. The van der Waals surface area contributed by atoms with Gasteiger partial charge in [-0.25, -0.2) is 14.6 Å². The van der Waals surface area contributed by atoms with Crippen LogP contribution in [0.25, 0.3) is 0 Å².